The molecule has 1 unspecified atom stereocenters. The summed E-state index contributed by atoms with van der Waals surface area (Å²) in [6, 6.07) is 4.74. The summed E-state index contributed by atoms with van der Waals surface area (Å²) in [6.45, 7) is 2.56. The van der Waals surface area contributed by atoms with Crippen molar-refractivity contribution in [3.05, 3.63) is 50.3 Å². The molecular weight excluding hydrogens is 308 g/mol. The van der Waals surface area contributed by atoms with Gasteiger partial charge in [0, 0.05) is 17.9 Å². The van der Waals surface area contributed by atoms with Crippen molar-refractivity contribution >= 4 is 17.4 Å². The van der Waals surface area contributed by atoms with Crippen molar-refractivity contribution in [1.82, 2.24) is 9.38 Å². The Bertz CT molecular complexity index is 786. The lowest BCUT2D eigenvalue weighted by Crippen LogP contribution is -2.47. The number of nitro groups is 2. The molecular formula is C13H14N4O6. The number of ether oxygens (including phenoxy) is 1. The second-order valence-electron chi connectivity index (χ2n) is 5.00. The number of imidazole rings is 1. The van der Waals surface area contributed by atoms with Gasteiger partial charge in [0.15, 0.2) is 0 Å². The van der Waals surface area contributed by atoms with Gasteiger partial charge >= 0.3 is 17.3 Å². The van der Waals surface area contributed by atoms with E-state index in [-0.39, 0.29) is 17.9 Å². The average molecular weight is 322 g/mol. The van der Waals surface area contributed by atoms with Gasteiger partial charge in [0.05, 0.1) is 19.2 Å². The number of esters is 1. The van der Waals surface area contributed by atoms with E-state index in [1.165, 1.54) is 23.6 Å². The van der Waals surface area contributed by atoms with E-state index in [2.05, 4.69) is 4.98 Å². The van der Waals surface area contributed by atoms with E-state index >= 15 is 0 Å². The van der Waals surface area contributed by atoms with Gasteiger partial charge in [-0.15, -0.1) is 0 Å². The zero-order chi connectivity index (χ0) is 17.2. The average Bonchev–Trinajstić information content (AvgIpc) is 2.84. The van der Waals surface area contributed by atoms with Crippen molar-refractivity contribution in [2.45, 2.75) is 25.8 Å². The molecule has 0 aliphatic carbocycles. The first-order chi connectivity index (χ1) is 10.8. The fourth-order valence-electron chi connectivity index (χ4n) is 2.17. The molecule has 122 valence electrons. The Morgan fingerprint density at radius 3 is 2.65 bits per heavy atom. The van der Waals surface area contributed by atoms with Gasteiger partial charge in [-0.25, -0.2) is 9.78 Å². The molecule has 0 saturated heterocycles. The second kappa shape index (κ2) is 5.99. The highest BCUT2D eigenvalue weighted by molar-refractivity contribution is 5.79. The summed E-state index contributed by atoms with van der Waals surface area (Å²) in [7, 11) is 0. The minimum Gasteiger partial charge on any atom is -0.461 e. The molecule has 0 aliphatic rings. The molecule has 0 fully saturated rings. The van der Waals surface area contributed by atoms with Crippen LogP contribution in [0.5, 0.6) is 0 Å². The topological polar surface area (TPSA) is 130 Å². The van der Waals surface area contributed by atoms with Gasteiger partial charge in [0.1, 0.15) is 5.69 Å². The monoisotopic (exact) mass is 322 g/mol. The molecule has 0 radical (unpaired) electrons. The summed E-state index contributed by atoms with van der Waals surface area (Å²) in [5.74, 6) is -1.46. The normalized spacial score (nSPS) is 13.5. The zero-order valence-electron chi connectivity index (χ0n) is 12.5. The number of carbonyl (C=O) groups excluding carboxylic acids is 1. The number of hydrogen-bond donors (Lipinski definition) is 0. The van der Waals surface area contributed by atoms with Crippen LogP contribution in [0.2, 0.25) is 0 Å². The lowest BCUT2D eigenvalue weighted by Gasteiger charge is -2.17. The van der Waals surface area contributed by atoms with Crippen LogP contribution in [-0.2, 0) is 16.0 Å². The molecule has 2 aromatic heterocycles. The van der Waals surface area contributed by atoms with Crippen LogP contribution in [0.4, 0.5) is 5.82 Å². The van der Waals surface area contributed by atoms with Crippen LogP contribution in [0, 0.1) is 20.2 Å². The Morgan fingerprint density at radius 2 is 2.09 bits per heavy atom. The van der Waals surface area contributed by atoms with Crippen LogP contribution in [0.3, 0.4) is 0 Å². The molecule has 0 aromatic carbocycles. The summed E-state index contributed by atoms with van der Waals surface area (Å²) >= 11 is 0. The van der Waals surface area contributed by atoms with Crippen molar-refractivity contribution in [2.75, 3.05) is 6.61 Å². The lowest BCUT2D eigenvalue weighted by molar-refractivity contribution is -0.550. The molecule has 0 spiro atoms. The van der Waals surface area contributed by atoms with Crippen LogP contribution < -0.4 is 0 Å². The highest BCUT2D eigenvalue weighted by Gasteiger charge is 2.50. The number of pyridine rings is 1. The van der Waals surface area contributed by atoms with Crippen LogP contribution in [0.25, 0.3) is 5.65 Å². The highest BCUT2D eigenvalue weighted by atomic mass is 16.6. The molecule has 10 nitrogen and oxygen atoms in total. The van der Waals surface area contributed by atoms with Gasteiger partial charge in [0.2, 0.25) is 5.65 Å². The lowest BCUT2D eigenvalue weighted by atomic mass is 9.96. The molecule has 2 rings (SSSR count). The second-order valence-corrected chi connectivity index (χ2v) is 5.00. The maximum atomic E-state index is 11.9. The molecule has 0 amide bonds. The van der Waals surface area contributed by atoms with Crippen molar-refractivity contribution in [1.29, 1.82) is 0 Å². The van der Waals surface area contributed by atoms with Gasteiger partial charge in [-0.2, -0.15) is 4.40 Å². The summed E-state index contributed by atoms with van der Waals surface area (Å²) in [6.07, 6.45) is 0.884. The summed E-state index contributed by atoms with van der Waals surface area (Å²) in [5.41, 5.74) is -2.03. The fraction of sp³-hybridized carbons (Fsp3) is 0.385. The first kappa shape index (κ1) is 16.3. The predicted molar refractivity (Wildman–Crippen MR) is 77.6 cm³/mol. The largest absolute Gasteiger partial charge is 0.461 e. The van der Waals surface area contributed by atoms with Crippen molar-refractivity contribution in [2.24, 2.45) is 0 Å². The van der Waals surface area contributed by atoms with Crippen LogP contribution in [0.15, 0.2) is 24.4 Å². The predicted octanol–water partition coefficient (Wildman–Crippen LogP) is 1.38. The number of aromatic nitrogens is 2. The maximum Gasteiger partial charge on any atom is 0.384 e. The Morgan fingerprint density at radius 1 is 1.39 bits per heavy atom. The Labute approximate surface area is 130 Å². The van der Waals surface area contributed by atoms with E-state index in [0.29, 0.717) is 0 Å². The summed E-state index contributed by atoms with van der Waals surface area (Å²) in [5, 5.41) is 22.6. The summed E-state index contributed by atoms with van der Waals surface area (Å²) < 4.78 is 5.94. The number of hydrogen-bond acceptors (Lipinski definition) is 7. The fourth-order valence-corrected chi connectivity index (χ4v) is 2.17. The highest BCUT2D eigenvalue weighted by Crippen LogP contribution is 2.26. The van der Waals surface area contributed by atoms with E-state index < -0.39 is 33.6 Å². The molecule has 10 heteroatoms. The van der Waals surface area contributed by atoms with E-state index in [1.54, 1.807) is 12.1 Å². The number of nitrogens with zero attached hydrogens (tertiary/aromatic N) is 4. The minimum absolute atomic E-state index is 0.0322. The zero-order valence-corrected chi connectivity index (χ0v) is 12.5. The first-order valence-corrected chi connectivity index (χ1v) is 6.73. The van der Waals surface area contributed by atoms with Crippen molar-refractivity contribution in [3.63, 3.8) is 0 Å². The molecule has 0 N–H and O–H groups in total. The van der Waals surface area contributed by atoms with Gasteiger partial charge in [-0.1, -0.05) is 6.07 Å². The van der Waals surface area contributed by atoms with Crippen LogP contribution >= 0.6 is 0 Å². The third-order valence-corrected chi connectivity index (χ3v) is 3.38. The number of fused-ring (bicyclic) bond motifs is 1. The molecule has 0 saturated carbocycles. The SMILES string of the molecule is CCOC(=O)C(C)(Cc1nc2ccccn2c1[N+](=O)[O-])[N+](=O)[O-]. The number of carbonyl (C=O) groups is 1. The number of rotatable bonds is 6. The summed E-state index contributed by atoms with van der Waals surface area (Å²) in [4.78, 5) is 37.2. The van der Waals surface area contributed by atoms with Crippen molar-refractivity contribution in [3.8, 4) is 0 Å². The molecule has 2 aromatic rings. The van der Waals surface area contributed by atoms with Crippen LogP contribution in [0.1, 0.15) is 19.5 Å². The Hall–Kier alpha value is -3.04. The Kier molecular flexibility index (Phi) is 4.25. The van der Waals surface area contributed by atoms with Gasteiger partial charge in [-0.3, -0.25) is 10.1 Å². The Balaban J connectivity index is 2.55. The third-order valence-electron chi connectivity index (χ3n) is 3.38. The van der Waals surface area contributed by atoms with Crippen molar-refractivity contribution < 1.29 is 19.4 Å². The van der Waals surface area contributed by atoms with Gasteiger partial charge < -0.3 is 14.9 Å². The third kappa shape index (κ3) is 2.82. The van der Waals surface area contributed by atoms with E-state index in [1.807, 2.05) is 0 Å². The maximum absolute atomic E-state index is 11.9. The molecule has 0 aliphatic heterocycles. The molecule has 0 bridgehead atoms. The molecule has 2 heterocycles. The smallest absolute Gasteiger partial charge is 0.384 e. The van der Waals surface area contributed by atoms with Crippen LogP contribution in [-0.4, -0.2) is 37.3 Å². The standard InChI is InChI=1S/C13H14N4O6/c1-3-23-12(18)13(2,17(21)22)8-9-11(16(19)20)15-7-5-4-6-10(15)14-9/h4-7H,3,8H2,1-2H3. The van der Waals surface area contributed by atoms with E-state index in [9.17, 15) is 25.0 Å². The molecule has 23 heavy (non-hydrogen) atoms. The van der Waals surface area contributed by atoms with Gasteiger partial charge in [-0.05, 0) is 17.9 Å². The van der Waals surface area contributed by atoms with E-state index in [0.717, 1.165) is 6.92 Å². The van der Waals surface area contributed by atoms with Gasteiger partial charge in [0.25, 0.3) is 0 Å². The van der Waals surface area contributed by atoms with E-state index in [4.69, 9.17) is 4.74 Å². The minimum atomic E-state index is -2.15. The molecule has 1 atom stereocenters. The quantitative estimate of drug-likeness (QED) is 0.446. The first-order valence-electron chi connectivity index (χ1n) is 6.73.